The second kappa shape index (κ2) is 9.35. The highest BCUT2D eigenvalue weighted by Gasteiger charge is 2.22. The topological polar surface area (TPSA) is 57.5 Å². The Kier molecular flexibility index (Phi) is 6.62. The van der Waals surface area contributed by atoms with E-state index in [4.69, 9.17) is 14.7 Å². The van der Waals surface area contributed by atoms with Gasteiger partial charge in [0.15, 0.2) is 0 Å². The van der Waals surface area contributed by atoms with Crippen molar-refractivity contribution in [1.82, 2.24) is 10.2 Å². The van der Waals surface area contributed by atoms with Crippen LogP contribution in [0, 0.1) is 11.3 Å². The van der Waals surface area contributed by atoms with Gasteiger partial charge in [0.05, 0.1) is 32.0 Å². The molecule has 0 spiro atoms. The Morgan fingerprint density at radius 1 is 1.12 bits per heavy atom. The van der Waals surface area contributed by atoms with Crippen LogP contribution < -0.4 is 10.1 Å². The highest BCUT2D eigenvalue weighted by Crippen LogP contribution is 2.23. The van der Waals surface area contributed by atoms with E-state index in [2.05, 4.69) is 28.4 Å². The van der Waals surface area contributed by atoms with Crippen molar-refractivity contribution in [2.24, 2.45) is 0 Å². The molecule has 5 heteroatoms. The fraction of sp³-hybridized carbons (Fsp3) is 0.381. The van der Waals surface area contributed by atoms with Gasteiger partial charge in [-0.3, -0.25) is 4.90 Å². The number of methoxy groups -OCH3 is 1. The van der Waals surface area contributed by atoms with Crippen LogP contribution in [-0.4, -0.2) is 44.9 Å². The zero-order valence-electron chi connectivity index (χ0n) is 15.1. The lowest BCUT2D eigenvalue weighted by atomic mass is 10.0. The molecule has 1 unspecified atom stereocenters. The summed E-state index contributed by atoms with van der Waals surface area (Å²) in [5.41, 5.74) is 3.15. The number of benzene rings is 2. The van der Waals surface area contributed by atoms with Crippen LogP contribution >= 0.6 is 0 Å². The molecule has 1 heterocycles. The molecule has 5 nitrogen and oxygen atoms in total. The predicted molar refractivity (Wildman–Crippen MR) is 101 cm³/mol. The van der Waals surface area contributed by atoms with E-state index < -0.39 is 0 Å². The number of nitrogens with one attached hydrogen (secondary N) is 1. The highest BCUT2D eigenvalue weighted by atomic mass is 16.5. The SMILES string of the molecule is COc1ccc(C(CNCc2ccc(C#N)cc2)N2CCOCC2)cc1. The molecule has 26 heavy (non-hydrogen) atoms. The number of nitriles is 1. The van der Waals surface area contributed by atoms with Crippen molar-refractivity contribution < 1.29 is 9.47 Å². The van der Waals surface area contributed by atoms with Crippen LogP contribution in [0.4, 0.5) is 0 Å². The summed E-state index contributed by atoms with van der Waals surface area (Å²) in [6.07, 6.45) is 0. The van der Waals surface area contributed by atoms with Gasteiger partial charge in [0.25, 0.3) is 0 Å². The largest absolute Gasteiger partial charge is 0.497 e. The molecule has 0 aromatic heterocycles. The molecule has 1 N–H and O–H groups in total. The first-order valence-electron chi connectivity index (χ1n) is 8.95. The van der Waals surface area contributed by atoms with Gasteiger partial charge in [-0.15, -0.1) is 0 Å². The van der Waals surface area contributed by atoms with Gasteiger partial charge in [-0.25, -0.2) is 0 Å². The average molecular weight is 351 g/mol. The molecule has 0 aliphatic carbocycles. The Balaban J connectivity index is 1.65. The van der Waals surface area contributed by atoms with Crippen LogP contribution in [0.25, 0.3) is 0 Å². The fourth-order valence-electron chi connectivity index (χ4n) is 3.22. The second-order valence-corrected chi connectivity index (χ2v) is 6.38. The van der Waals surface area contributed by atoms with E-state index >= 15 is 0 Å². The summed E-state index contributed by atoms with van der Waals surface area (Å²) in [7, 11) is 1.69. The Bertz CT molecular complexity index is 716. The minimum Gasteiger partial charge on any atom is -0.497 e. The van der Waals surface area contributed by atoms with Crippen molar-refractivity contribution >= 4 is 0 Å². The second-order valence-electron chi connectivity index (χ2n) is 6.38. The minimum atomic E-state index is 0.295. The van der Waals surface area contributed by atoms with Gasteiger partial charge < -0.3 is 14.8 Å². The van der Waals surface area contributed by atoms with E-state index in [1.807, 2.05) is 36.4 Å². The lowest BCUT2D eigenvalue weighted by molar-refractivity contribution is 0.0161. The van der Waals surface area contributed by atoms with Gasteiger partial charge in [0.2, 0.25) is 0 Å². The number of ether oxygens (including phenoxy) is 2. The summed E-state index contributed by atoms with van der Waals surface area (Å²) in [5.74, 6) is 0.875. The van der Waals surface area contributed by atoms with Crippen molar-refractivity contribution in [2.45, 2.75) is 12.6 Å². The minimum absolute atomic E-state index is 0.295. The lowest BCUT2D eigenvalue weighted by Gasteiger charge is -2.35. The predicted octanol–water partition coefficient (Wildman–Crippen LogP) is 2.73. The Morgan fingerprint density at radius 2 is 1.81 bits per heavy atom. The summed E-state index contributed by atoms with van der Waals surface area (Å²) in [6, 6.07) is 18.5. The van der Waals surface area contributed by atoms with Crippen molar-refractivity contribution in [3.05, 3.63) is 65.2 Å². The molecule has 1 aliphatic heterocycles. The van der Waals surface area contributed by atoms with Gasteiger partial charge >= 0.3 is 0 Å². The monoisotopic (exact) mass is 351 g/mol. The third kappa shape index (κ3) is 4.83. The fourth-order valence-corrected chi connectivity index (χ4v) is 3.22. The summed E-state index contributed by atoms with van der Waals surface area (Å²) >= 11 is 0. The molecule has 136 valence electrons. The van der Waals surface area contributed by atoms with Crippen molar-refractivity contribution in [3.8, 4) is 11.8 Å². The normalized spacial score (nSPS) is 16.0. The maximum atomic E-state index is 8.89. The lowest BCUT2D eigenvalue weighted by Crippen LogP contribution is -2.42. The molecule has 0 saturated carbocycles. The Labute approximate surface area is 155 Å². The van der Waals surface area contributed by atoms with Crippen LogP contribution in [0.1, 0.15) is 22.7 Å². The molecule has 0 radical (unpaired) electrons. The van der Waals surface area contributed by atoms with E-state index in [0.717, 1.165) is 45.1 Å². The molecule has 1 aliphatic rings. The summed E-state index contributed by atoms with van der Waals surface area (Å²) in [5, 5.41) is 12.5. The quantitative estimate of drug-likeness (QED) is 0.831. The first-order chi connectivity index (χ1) is 12.8. The molecule has 2 aromatic carbocycles. The van der Waals surface area contributed by atoms with E-state index in [1.165, 1.54) is 11.1 Å². The maximum absolute atomic E-state index is 8.89. The zero-order chi connectivity index (χ0) is 18.2. The Morgan fingerprint density at radius 3 is 2.42 bits per heavy atom. The zero-order valence-corrected chi connectivity index (χ0v) is 15.1. The van der Waals surface area contributed by atoms with Crippen molar-refractivity contribution in [1.29, 1.82) is 5.26 Å². The third-order valence-electron chi connectivity index (χ3n) is 4.74. The van der Waals surface area contributed by atoms with Crippen molar-refractivity contribution in [2.75, 3.05) is 40.0 Å². The van der Waals surface area contributed by atoms with Gasteiger partial charge in [-0.05, 0) is 35.4 Å². The molecule has 1 saturated heterocycles. The van der Waals surface area contributed by atoms with Gasteiger partial charge in [0.1, 0.15) is 5.75 Å². The molecule has 3 rings (SSSR count). The van der Waals surface area contributed by atoms with Crippen LogP contribution in [0.2, 0.25) is 0 Å². The van der Waals surface area contributed by atoms with Gasteiger partial charge in [-0.2, -0.15) is 5.26 Å². The number of rotatable bonds is 7. The molecular weight excluding hydrogens is 326 g/mol. The molecule has 2 aromatic rings. The van der Waals surface area contributed by atoms with E-state index in [1.54, 1.807) is 7.11 Å². The molecule has 0 amide bonds. The third-order valence-corrected chi connectivity index (χ3v) is 4.74. The van der Waals surface area contributed by atoms with Gasteiger partial charge in [-0.1, -0.05) is 24.3 Å². The maximum Gasteiger partial charge on any atom is 0.118 e. The number of hydrogen-bond acceptors (Lipinski definition) is 5. The molecular formula is C21H25N3O2. The summed E-state index contributed by atoms with van der Waals surface area (Å²) < 4.78 is 10.8. The van der Waals surface area contributed by atoms with E-state index in [-0.39, 0.29) is 0 Å². The standard InChI is InChI=1S/C21H25N3O2/c1-25-20-8-6-19(7-9-20)21(24-10-12-26-13-11-24)16-23-15-18-4-2-17(14-22)3-5-18/h2-9,21,23H,10-13,15-16H2,1H3. The number of hydrogen-bond donors (Lipinski definition) is 1. The summed E-state index contributed by atoms with van der Waals surface area (Å²) in [4.78, 5) is 2.47. The first-order valence-corrected chi connectivity index (χ1v) is 8.95. The highest BCUT2D eigenvalue weighted by molar-refractivity contribution is 5.32. The molecule has 0 bridgehead atoms. The Hall–Kier alpha value is -2.39. The van der Waals surface area contributed by atoms with Crippen LogP contribution in [0.3, 0.4) is 0 Å². The van der Waals surface area contributed by atoms with E-state index in [9.17, 15) is 0 Å². The average Bonchev–Trinajstić information content (AvgIpc) is 2.72. The molecule has 1 atom stereocenters. The molecule has 1 fully saturated rings. The van der Waals surface area contributed by atoms with Crippen LogP contribution in [0.5, 0.6) is 5.75 Å². The van der Waals surface area contributed by atoms with Crippen LogP contribution in [-0.2, 0) is 11.3 Å². The van der Waals surface area contributed by atoms with Crippen molar-refractivity contribution in [3.63, 3.8) is 0 Å². The summed E-state index contributed by atoms with van der Waals surface area (Å²) in [6.45, 7) is 5.07. The first kappa shape index (κ1) is 18.4. The van der Waals surface area contributed by atoms with E-state index in [0.29, 0.717) is 11.6 Å². The number of nitrogens with zero attached hydrogens (tertiary/aromatic N) is 2. The van der Waals surface area contributed by atoms with Crippen LogP contribution in [0.15, 0.2) is 48.5 Å². The smallest absolute Gasteiger partial charge is 0.118 e. The van der Waals surface area contributed by atoms with Gasteiger partial charge in [0, 0.05) is 32.2 Å². The number of morpholine rings is 1.